The molecule has 2 aliphatic rings. The van der Waals surface area contributed by atoms with E-state index >= 15 is 0 Å². The summed E-state index contributed by atoms with van der Waals surface area (Å²) in [6.45, 7) is 4.79. The van der Waals surface area contributed by atoms with E-state index in [1.54, 1.807) is 13.4 Å². The third-order valence-corrected chi connectivity index (χ3v) is 5.86. The summed E-state index contributed by atoms with van der Waals surface area (Å²) in [5.74, 6) is 2.33. The van der Waals surface area contributed by atoms with E-state index in [9.17, 15) is 0 Å². The summed E-state index contributed by atoms with van der Waals surface area (Å²) in [5, 5.41) is 6.36. The Labute approximate surface area is 167 Å². The molecule has 0 atom stereocenters. The molecule has 3 heterocycles. The molecule has 1 aromatic carbocycles. The molecule has 2 fully saturated rings. The first-order chi connectivity index (χ1) is 13.8. The summed E-state index contributed by atoms with van der Waals surface area (Å²) in [6, 6.07) is 9.00. The first kappa shape index (κ1) is 18.8. The minimum absolute atomic E-state index is 0.733. The van der Waals surface area contributed by atoms with Gasteiger partial charge in [-0.3, -0.25) is 0 Å². The number of methoxy groups -OCH3 is 1. The minimum atomic E-state index is 0.733. The molecule has 2 saturated heterocycles. The SMILES string of the molecule is CNc1cc(Nc2ccc(N3CCC(N4CCCC4)CC3)cc2OC)ncn1. The quantitative estimate of drug-likeness (QED) is 0.794. The average molecular weight is 383 g/mol. The standard InChI is InChI=1S/C21H30N6O/c1-22-20-14-21(24-15-23-20)25-18-6-5-17(13-19(18)28-2)27-11-7-16(8-12-27)26-9-3-4-10-26/h5-6,13-16H,3-4,7-12H2,1-2H3,(H2,22,23,24,25). The summed E-state index contributed by atoms with van der Waals surface area (Å²) in [5.41, 5.74) is 2.12. The van der Waals surface area contributed by atoms with Crippen molar-refractivity contribution in [2.75, 3.05) is 55.9 Å². The Morgan fingerprint density at radius 1 is 1.00 bits per heavy atom. The van der Waals surface area contributed by atoms with Crippen LogP contribution in [-0.4, -0.2) is 61.2 Å². The maximum absolute atomic E-state index is 5.65. The van der Waals surface area contributed by atoms with Crippen LogP contribution in [-0.2, 0) is 0 Å². The van der Waals surface area contributed by atoms with Gasteiger partial charge in [-0.1, -0.05) is 0 Å². The predicted octanol–water partition coefficient (Wildman–Crippen LogP) is 3.34. The Hall–Kier alpha value is -2.54. The van der Waals surface area contributed by atoms with Gasteiger partial charge in [0.15, 0.2) is 0 Å². The highest BCUT2D eigenvalue weighted by molar-refractivity contribution is 5.69. The second-order valence-corrected chi connectivity index (χ2v) is 7.51. The van der Waals surface area contributed by atoms with Gasteiger partial charge in [0.1, 0.15) is 23.7 Å². The fourth-order valence-corrected chi connectivity index (χ4v) is 4.28. The van der Waals surface area contributed by atoms with Crippen LogP contribution < -0.4 is 20.3 Å². The van der Waals surface area contributed by atoms with E-state index < -0.39 is 0 Å². The number of likely N-dealkylation sites (tertiary alicyclic amines) is 1. The fraction of sp³-hybridized carbons (Fsp3) is 0.524. The van der Waals surface area contributed by atoms with E-state index in [4.69, 9.17) is 4.74 Å². The molecule has 28 heavy (non-hydrogen) atoms. The van der Waals surface area contributed by atoms with Crippen LogP contribution in [0, 0.1) is 0 Å². The van der Waals surface area contributed by atoms with Crippen molar-refractivity contribution in [3.05, 3.63) is 30.6 Å². The van der Waals surface area contributed by atoms with Gasteiger partial charge >= 0.3 is 0 Å². The molecule has 7 nitrogen and oxygen atoms in total. The first-order valence-electron chi connectivity index (χ1n) is 10.2. The Kier molecular flexibility index (Phi) is 5.81. The highest BCUT2D eigenvalue weighted by Gasteiger charge is 2.26. The Bertz CT molecular complexity index is 784. The number of rotatable bonds is 6. The number of benzene rings is 1. The van der Waals surface area contributed by atoms with Crippen LogP contribution in [0.5, 0.6) is 5.75 Å². The second kappa shape index (κ2) is 8.65. The monoisotopic (exact) mass is 382 g/mol. The average Bonchev–Trinajstić information content (AvgIpc) is 3.29. The fourth-order valence-electron chi connectivity index (χ4n) is 4.28. The maximum atomic E-state index is 5.65. The van der Waals surface area contributed by atoms with Crippen LogP contribution in [0.15, 0.2) is 30.6 Å². The third-order valence-electron chi connectivity index (χ3n) is 5.86. The van der Waals surface area contributed by atoms with E-state index in [0.29, 0.717) is 0 Å². The predicted molar refractivity (Wildman–Crippen MR) is 114 cm³/mol. The van der Waals surface area contributed by atoms with E-state index in [2.05, 4.69) is 48.6 Å². The van der Waals surface area contributed by atoms with Gasteiger partial charge in [0.25, 0.3) is 0 Å². The van der Waals surface area contributed by atoms with Crippen molar-refractivity contribution in [2.24, 2.45) is 0 Å². The molecule has 0 saturated carbocycles. The number of nitrogens with zero attached hydrogens (tertiary/aromatic N) is 4. The van der Waals surface area contributed by atoms with E-state index in [-0.39, 0.29) is 0 Å². The summed E-state index contributed by atoms with van der Waals surface area (Å²) >= 11 is 0. The van der Waals surface area contributed by atoms with Crippen LogP contribution in [0.2, 0.25) is 0 Å². The zero-order chi connectivity index (χ0) is 19.3. The van der Waals surface area contributed by atoms with Gasteiger partial charge in [-0.2, -0.15) is 0 Å². The number of anilines is 4. The molecule has 0 amide bonds. The molecule has 2 N–H and O–H groups in total. The Morgan fingerprint density at radius 2 is 1.75 bits per heavy atom. The van der Waals surface area contributed by atoms with Crippen molar-refractivity contribution >= 4 is 23.0 Å². The lowest BCUT2D eigenvalue weighted by atomic mass is 10.0. The second-order valence-electron chi connectivity index (χ2n) is 7.51. The molecule has 1 aromatic heterocycles. The molecular weight excluding hydrogens is 352 g/mol. The van der Waals surface area contributed by atoms with Crippen LogP contribution in [0.3, 0.4) is 0 Å². The van der Waals surface area contributed by atoms with Gasteiger partial charge < -0.3 is 25.2 Å². The largest absolute Gasteiger partial charge is 0.494 e. The van der Waals surface area contributed by atoms with Gasteiger partial charge in [0.2, 0.25) is 0 Å². The molecule has 150 valence electrons. The summed E-state index contributed by atoms with van der Waals surface area (Å²) in [7, 11) is 3.55. The first-order valence-corrected chi connectivity index (χ1v) is 10.2. The van der Waals surface area contributed by atoms with E-state index in [0.717, 1.165) is 42.2 Å². The summed E-state index contributed by atoms with van der Waals surface area (Å²) in [4.78, 5) is 13.6. The van der Waals surface area contributed by atoms with Crippen LogP contribution >= 0.6 is 0 Å². The highest BCUT2D eigenvalue weighted by atomic mass is 16.5. The van der Waals surface area contributed by atoms with Gasteiger partial charge in [-0.05, 0) is 50.9 Å². The van der Waals surface area contributed by atoms with Crippen LogP contribution in [0.1, 0.15) is 25.7 Å². The molecule has 2 aliphatic heterocycles. The van der Waals surface area contributed by atoms with E-state index in [1.807, 2.05) is 13.1 Å². The molecule has 2 aromatic rings. The highest BCUT2D eigenvalue weighted by Crippen LogP contribution is 2.33. The number of aromatic nitrogens is 2. The molecule has 7 heteroatoms. The zero-order valence-corrected chi connectivity index (χ0v) is 16.8. The molecule has 0 radical (unpaired) electrons. The molecule has 0 spiro atoms. The number of nitrogens with one attached hydrogen (secondary N) is 2. The number of ether oxygens (including phenoxy) is 1. The van der Waals surface area contributed by atoms with E-state index in [1.165, 1.54) is 44.5 Å². The molecule has 0 aliphatic carbocycles. The molecule has 0 bridgehead atoms. The van der Waals surface area contributed by atoms with Gasteiger partial charge in [-0.15, -0.1) is 0 Å². The van der Waals surface area contributed by atoms with Crippen molar-refractivity contribution in [2.45, 2.75) is 31.7 Å². The smallest absolute Gasteiger partial charge is 0.144 e. The zero-order valence-electron chi connectivity index (χ0n) is 16.8. The number of hydrogen-bond acceptors (Lipinski definition) is 7. The van der Waals surface area contributed by atoms with Crippen LogP contribution in [0.4, 0.5) is 23.0 Å². The Morgan fingerprint density at radius 3 is 2.46 bits per heavy atom. The normalized spacial score (nSPS) is 18.3. The third kappa shape index (κ3) is 4.14. The van der Waals surface area contributed by atoms with Gasteiger partial charge in [0, 0.05) is 44.0 Å². The van der Waals surface area contributed by atoms with Gasteiger partial charge in [-0.25, -0.2) is 9.97 Å². The van der Waals surface area contributed by atoms with Crippen molar-refractivity contribution in [1.82, 2.24) is 14.9 Å². The topological polar surface area (TPSA) is 65.5 Å². The number of piperidine rings is 1. The van der Waals surface area contributed by atoms with Crippen LogP contribution in [0.25, 0.3) is 0 Å². The van der Waals surface area contributed by atoms with Gasteiger partial charge in [0.05, 0.1) is 12.8 Å². The lowest BCUT2D eigenvalue weighted by molar-refractivity contribution is 0.208. The molecule has 0 unspecified atom stereocenters. The maximum Gasteiger partial charge on any atom is 0.144 e. The van der Waals surface area contributed by atoms with Crippen molar-refractivity contribution < 1.29 is 4.74 Å². The van der Waals surface area contributed by atoms with Crippen molar-refractivity contribution in [3.63, 3.8) is 0 Å². The number of hydrogen-bond donors (Lipinski definition) is 2. The Balaban J connectivity index is 1.43. The molecular formula is C21H30N6O. The molecule has 4 rings (SSSR count). The van der Waals surface area contributed by atoms with Crippen molar-refractivity contribution in [3.8, 4) is 5.75 Å². The lowest BCUT2D eigenvalue weighted by Crippen LogP contribution is -2.43. The minimum Gasteiger partial charge on any atom is -0.494 e. The summed E-state index contributed by atoms with van der Waals surface area (Å²) < 4.78 is 5.65. The van der Waals surface area contributed by atoms with Crippen molar-refractivity contribution in [1.29, 1.82) is 0 Å². The summed E-state index contributed by atoms with van der Waals surface area (Å²) in [6.07, 6.45) is 6.77. The lowest BCUT2D eigenvalue weighted by Gasteiger charge is -2.38.